The zero-order valence-electron chi connectivity index (χ0n) is 9.70. The average Bonchev–Trinajstić information content (AvgIpc) is 2.75. The topological polar surface area (TPSA) is 53.8 Å². The van der Waals surface area contributed by atoms with E-state index in [0.717, 1.165) is 17.4 Å². The monoisotopic (exact) mass is 289 g/mol. The van der Waals surface area contributed by atoms with Crippen LogP contribution in [0, 0.1) is 4.91 Å². The third-order valence-electron chi connectivity index (χ3n) is 2.45. The molecule has 1 aromatic heterocycles. The van der Waals surface area contributed by atoms with Gasteiger partial charge in [-0.3, -0.25) is 4.99 Å². The van der Waals surface area contributed by atoms with Gasteiger partial charge in [0.2, 0.25) is 0 Å². The van der Waals surface area contributed by atoms with Gasteiger partial charge in [0.25, 0.3) is 0 Å². The predicted molar refractivity (Wildman–Crippen MR) is 67.9 cm³/mol. The Labute approximate surface area is 111 Å². The summed E-state index contributed by atoms with van der Waals surface area (Å²) in [7, 11) is 0. The molecule has 2 rings (SSSR count). The molecule has 1 N–H and O–H groups in total. The number of alkyl halides is 3. The standard InChI is InChI=1S/C11H10F3N3OS/c12-11(13,14)9-6-7(15-4-1-5-16-9)8-2-3-10(17-18)19-8/h2-3,6,16H,1,4-5H2. The van der Waals surface area contributed by atoms with Crippen LogP contribution < -0.4 is 5.32 Å². The Morgan fingerprint density at radius 3 is 2.79 bits per heavy atom. The second-order valence-corrected chi connectivity index (χ2v) is 4.89. The van der Waals surface area contributed by atoms with E-state index in [2.05, 4.69) is 15.5 Å². The number of nitroso groups, excluding NO2 is 1. The van der Waals surface area contributed by atoms with Crippen molar-refractivity contribution in [3.63, 3.8) is 0 Å². The van der Waals surface area contributed by atoms with Crippen molar-refractivity contribution < 1.29 is 13.2 Å². The highest BCUT2D eigenvalue weighted by Gasteiger charge is 2.34. The van der Waals surface area contributed by atoms with Crippen LogP contribution in [0.3, 0.4) is 0 Å². The summed E-state index contributed by atoms with van der Waals surface area (Å²) in [5.74, 6) is 0. The molecule has 1 aliphatic heterocycles. The summed E-state index contributed by atoms with van der Waals surface area (Å²) in [5.41, 5.74) is -0.598. The molecule has 4 nitrogen and oxygen atoms in total. The maximum atomic E-state index is 12.8. The summed E-state index contributed by atoms with van der Waals surface area (Å²) < 4.78 is 38.3. The molecule has 0 fully saturated rings. The van der Waals surface area contributed by atoms with E-state index in [4.69, 9.17) is 0 Å². The van der Waals surface area contributed by atoms with Gasteiger partial charge in [-0.05, 0) is 29.8 Å². The van der Waals surface area contributed by atoms with Gasteiger partial charge in [0.1, 0.15) is 5.70 Å². The van der Waals surface area contributed by atoms with Crippen LogP contribution >= 0.6 is 11.3 Å². The molecular weight excluding hydrogens is 279 g/mol. The van der Waals surface area contributed by atoms with Gasteiger partial charge in [-0.25, -0.2) is 0 Å². The van der Waals surface area contributed by atoms with Crippen molar-refractivity contribution in [2.45, 2.75) is 12.6 Å². The number of hydrogen-bond acceptors (Lipinski definition) is 5. The number of nitrogens with one attached hydrogen (secondary N) is 1. The van der Waals surface area contributed by atoms with Crippen molar-refractivity contribution in [1.82, 2.24) is 5.32 Å². The van der Waals surface area contributed by atoms with E-state index in [0.29, 0.717) is 17.8 Å². The van der Waals surface area contributed by atoms with Crippen LogP contribution in [0.25, 0.3) is 0 Å². The van der Waals surface area contributed by atoms with Crippen molar-refractivity contribution in [1.29, 1.82) is 0 Å². The van der Waals surface area contributed by atoms with Crippen molar-refractivity contribution in [3.8, 4) is 0 Å². The van der Waals surface area contributed by atoms with Gasteiger partial charge in [-0.1, -0.05) is 0 Å². The summed E-state index contributed by atoms with van der Waals surface area (Å²) in [6.45, 7) is 0.666. The molecule has 0 unspecified atom stereocenters. The van der Waals surface area contributed by atoms with E-state index < -0.39 is 11.9 Å². The molecule has 0 amide bonds. The van der Waals surface area contributed by atoms with E-state index in [1.807, 2.05) is 0 Å². The summed E-state index contributed by atoms with van der Waals surface area (Å²) in [5, 5.41) is 5.32. The summed E-state index contributed by atoms with van der Waals surface area (Å²) >= 11 is 1.02. The SMILES string of the molecule is O=Nc1ccc(C2=NCCCNC(C(F)(F)F)=C2)s1. The Kier molecular flexibility index (Phi) is 3.98. The Hall–Kier alpha value is -1.70. The quantitative estimate of drug-likeness (QED) is 0.849. The number of nitrogens with zero attached hydrogens (tertiary/aromatic N) is 2. The number of thiophene rings is 1. The largest absolute Gasteiger partial charge is 0.430 e. The van der Waals surface area contributed by atoms with Gasteiger partial charge < -0.3 is 5.32 Å². The molecule has 0 aliphatic carbocycles. The number of halogens is 3. The van der Waals surface area contributed by atoms with Crippen molar-refractivity contribution in [2.75, 3.05) is 13.1 Å². The van der Waals surface area contributed by atoms with Crippen molar-refractivity contribution in [2.24, 2.45) is 10.2 Å². The van der Waals surface area contributed by atoms with Crippen molar-refractivity contribution in [3.05, 3.63) is 33.7 Å². The van der Waals surface area contributed by atoms with Crippen LogP contribution in [-0.4, -0.2) is 25.0 Å². The second-order valence-electron chi connectivity index (χ2n) is 3.83. The highest BCUT2D eigenvalue weighted by molar-refractivity contribution is 7.17. The second kappa shape index (κ2) is 5.52. The maximum Gasteiger partial charge on any atom is 0.430 e. The Bertz CT molecular complexity index is 534. The van der Waals surface area contributed by atoms with E-state index in [1.54, 1.807) is 6.07 Å². The number of rotatable bonds is 2. The first kappa shape index (κ1) is 13.7. The molecule has 8 heteroatoms. The lowest BCUT2D eigenvalue weighted by Gasteiger charge is -2.16. The van der Waals surface area contributed by atoms with Gasteiger partial charge in [-0.15, -0.1) is 16.2 Å². The Morgan fingerprint density at radius 1 is 1.37 bits per heavy atom. The van der Waals surface area contributed by atoms with E-state index >= 15 is 0 Å². The van der Waals surface area contributed by atoms with Crippen LogP contribution in [0.2, 0.25) is 0 Å². The highest BCUT2D eigenvalue weighted by Crippen LogP contribution is 2.28. The summed E-state index contributed by atoms with van der Waals surface area (Å²) in [4.78, 5) is 15.0. The minimum Gasteiger partial charge on any atom is -0.381 e. The van der Waals surface area contributed by atoms with Crippen LogP contribution in [0.1, 0.15) is 11.3 Å². The first-order valence-corrected chi connectivity index (χ1v) is 6.33. The van der Waals surface area contributed by atoms with Crippen LogP contribution in [0.5, 0.6) is 0 Å². The fraction of sp³-hybridized carbons (Fsp3) is 0.364. The van der Waals surface area contributed by atoms with Gasteiger partial charge in [0.05, 0.1) is 10.6 Å². The lowest BCUT2D eigenvalue weighted by molar-refractivity contribution is -0.0966. The molecule has 102 valence electrons. The fourth-order valence-corrected chi connectivity index (χ4v) is 2.34. The van der Waals surface area contributed by atoms with E-state index in [-0.39, 0.29) is 17.3 Å². The van der Waals surface area contributed by atoms with Crippen molar-refractivity contribution >= 4 is 22.0 Å². The average molecular weight is 289 g/mol. The Balaban J connectivity index is 2.37. The lowest BCUT2D eigenvalue weighted by atomic mass is 10.2. The first-order chi connectivity index (χ1) is 9.00. The van der Waals surface area contributed by atoms with E-state index in [1.165, 1.54) is 6.07 Å². The number of aliphatic imine (C=N–C) groups is 1. The smallest absolute Gasteiger partial charge is 0.381 e. The third kappa shape index (κ3) is 3.40. The molecule has 2 heterocycles. The van der Waals surface area contributed by atoms with Gasteiger partial charge in [-0.2, -0.15) is 13.2 Å². The molecular formula is C11H10F3N3OS. The molecule has 0 bridgehead atoms. The molecule has 0 saturated heterocycles. The number of allylic oxidation sites excluding steroid dienone is 2. The maximum absolute atomic E-state index is 12.8. The third-order valence-corrected chi connectivity index (χ3v) is 3.44. The highest BCUT2D eigenvalue weighted by atomic mass is 32.1. The molecule has 0 saturated carbocycles. The van der Waals surface area contributed by atoms with Gasteiger partial charge in [0.15, 0.2) is 5.00 Å². The fourth-order valence-electron chi connectivity index (χ4n) is 1.58. The number of hydrogen-bond donors (Lipinski definition) is 1. The minimum atomic E-state index is -4.44. The molecule has 0 radical (unpaired) electrons. The summed E-state index contributed by atoms with van der Waals surface area (Å²) in [6, 6.07) is 3.01. The van der Waals surface area contributed by atoms with E-state index in [9.17, 15) is 18.1 Å². The van der Waals surface area contributed by atoms with Gasteiger partial charge in [0, 0.05) is 13.1 Å². The molecule has 0 spiro atoms. The minimum absolute atomic E-state index is 0.217. The van der Waals surface area contributed by atoms with Crippen LogP contribution in [-0.2, 0) is 0 Å². The zero-order valence-corrected chi connectivity index (χ0v) is 10.5. The molecule has 0 atom stereocenters. The molecule has 19 heavy (non-hydrogen) atoms. The van der Waals surface area contributed by atoms with Gasteiger partial charge >= 0.3 is 6.18 Å². The molecule has 1 aliphatic rings. The lowest BCUT2D eigenvalue weighted by Crippen LogP contribution is -2.29. The molecule has 0 aromatic carbocycles. The van der Waals surface area contributed by atoms with Crippen LogP contribution in [0.4, 0.5) is 18.2 Å². The normalized spacial score (nSPS) is 16.8. The Morgan fingerprint density at radius 2 is 2.16 bits per heavy atom. The van der Waals surface area contributed by atoms with Crippen LogP contribution in [0.15, 0.2) is 34.1 Å². The zero-order chi connectivity index (χ0) is 13.9. The predicted octanol–water partition coefficient (Wildman–Crippen LogP) is 3.37. The molecule has 1 aromatic rings. The first-order valence-electron chi connectivity index (χ1n) is 5.51. The summed E-state index contributed by atoms with van der Waals surface area (Å²) in [6.07, 6.45) is -2.96.